The Hall–Kier alpha value is -2.06. The molecule has 132 valence electrons. The molecule has 0 radical (unpaired) electrons. The molecule has 2 aliphatic heterocycles. The van der Waals surface area contributed by atoms with E-state index in [1.54, 1.807) is 4.57 Å². The maximum atomic E-state index is 14.8. The minimum Gasteiger partial charge on any atom is -0.477 e. The van der Waals surface area contributed by atoms with E-state index in [-0.39, 0.29) is 23.2 Å². The highest BCUT2D eigenvalue weighted by Crippen LogP contribution is 2.38. The predicted molar refractivity (Wildman–Crippen MR) is 93.2 cm³/mol. The van der Waals surface area contributed by atoms with E-state index < -0.39 is 17.2 Å². The number of hydrogen-bond acceptors (Lipinski definition) is 5. The van der Waals surface area contributed by atoms with Crippen LogP contribution in [-0.4, -0.2) is 40.9 Å². The Bertz CT molecular complexity index is 948. The van der Waals surface area contributed by atoms with Crippen LogP contribution in [0.15, 0.2) is 22.0 Å². The zero-order valence-corrected chi connectivity index (χ0v) is 14.6. The average molecular weight is 364 g/mol. The second-order valence-corrected chi connectivity index (χ2v) is 7.43. The molecule has 1 fully saturated rings. The highest BCUT2D eigenvalue weighted by atomic mass is 32.2. The van der Waals surface area contributed by atoms with Crippen LogP contribution in [0.4, 0.5) is 10.1 Å². The molecule has 3 heterocycles. The molecule has 1 N–H and O–H groups in total. The fourth-order valence-electron chi connectivity index (χ4n) is 3.57. The SMILES string of the molecule is CC1CN(c2cc3c(=O)c(C(=O)O)c4n(c3cc2F)CS4)CC(C)O1. The zero-order chi connectivity index (χ0) is 17.9. The van der Waals surface area contributed by atoms with Gasteiger partial charge >= 0.3 is 5.97 Å². The number of fused-ring (bicyclic) bond motifs is 3. The fourth-order valence-corrected chi connectivity index (χ4v) is 4.52. The van der Waals surface area contributed by atoms with Gasteiger partial charge in [0.05, 0.1) is 34.3 Å². The molecule has 0 saturated carbocycles. The van der Waals surface area contributed by atoms with E-state index in [1.807, 2.05) is 18.7 Å². The van der Waals surface area contributed by atoms with Crippen LogP contribution in [0.25, 0.3) is 10.9 Å². The summed E-state index contributed by atoms with van der Waals surface area (Å²) in [5.41, 5.74) is -0.0311. The Kier molecular flexibility index (Phi) is 3.77. The predicted octanol–water partition coefficient (Wildman–Crippen LogP) is 2.52. The van der Waals surface area contributed by atoms with Crippen molar-refractivity contribution in [2.24, 2.45) is 0 Å². The number of benzene rings is 1. The Labute approximate surface area is 147 Å². The first kappa shape index (κ1) is 16.4. The van der Waals surface area contributed by atoms with Crippen molar-refractivity contribution in [2.75, 3.05) is 18.0 Å². The number of carboxylic acid groups (broad SMARTS) is 1. The molecule has 8 heteroatoms. The van der Waals surface area contributed by atoms with Gasteiger partial charge in [-0.1, -0.05) is 11.8 Å². The van der Waals surface area contributed by atoms with Gasteiger partial charge in [0.15, 0.2) is 0 Å². The van der Waals surface area contributed by atoms with E-state index in [0.717, 1.165) is 0 Å². The molecule has 0 spiro atoms. The molecule has 1 aromatic heterocycles. The number of ether oxygens (including phenoxy) is 1. The number of aromatic carboxylic acids is 1. The van der Waals surface area contributed by atoms with Gasteiger partial charge in [0.1, 0.15) is 11.4 Å². The lowest BCUT2D eigenvalue weighted by Crippen LogP contribution is -2.45. The van der Waals surface area contributed by atoms with Gasteiger partial charge in [0, 0.05) is 24.5 Å². The third-order valence-electron chi connectivity index (χ3n) is 4.59. The smallest absolute Gasteiger partial charge is 0.342 e. The van der Waals surface area contributed by atoms with Crippen LogP contribution >= 0.6 is 11.8 Å². The van der Waals surface area contributed by atoms with Crippen molar-refractivity contribution in [1.82, 2.24) is 4.57 Å². The molecule has 1 saturated heterocycles. The maximum Gasteiger partial charge on any atom is 0.342 e. The minimum absolute atomic E-state index is 0.0530. The molecule has 0 bridgehead atoms. The molecule has 25 heavy (non-hydrogen) atoms. The van der Waals surface area contributed by atoms with Gasteiger partial charge in [-0.15, -0.1) is 0 Å². The Balaban J connectivity index is 1.92. The summed E-state index contributed by atoms with van der Waals surface area (Å²) in [6.07, 6.45) is -0.106. The van der Waals surface area contributed by atoms with Crippen LogP contribution in [0.2, 0.25) is 0 Å². The summed E-state index contributed by atoms with van der Waals surface area (Å²) < 4.78 is 22.1. The van der Waals surface area contributed by atoms with Gasteiger partial charge in [-0.05, 0) is 19.9 Å². The number of halogens is 1. The summed E-state index contributed by atoms with van der Waals surface area (Å²) in [6, 6.07) is 2.83. The first-order valence-electron chi connectivity index (χ1n) is 8.03. The molecule has 2 aliphatic rings. The minimum atomic E-state index is -1.25. The first-order chi connectivity index (χ1) is 11.9. The quantitative estimate of drug-likeness (QED) is 0.883. The molecular weight excluding hydrogens is 347 g/mol. The number of thioether (sulfide) groups is 1. The average Bonchev–Trinajstić information content (AvgIpc) is 2.48. The lowest BCUT2D eigenvalue weighted by Gasteiger charge is -2.37. The van der Waals surface area contributed by atoms with E-state index in [2.05, 4.69) is 0 Å². The van der Waals surface area contributed by atoms with Gasteiger partial charge in [-0.2, -0.15) is 0 Å². The lowest BCUT2D eigenvalue weighted by atomic mass is 10.1. The molecule has 2 aromatic rings. The Morgan fingerprint density at radius 2 is 2.00 bits per heavy atom. The van der Waals surface area contributed by atoms with Crippen molar-refractivity contribution in [3.63, 3.8) is 0 Å². The van der Waals surface area contributed by atoms with Crippen LogP contribution in [0.3, 0.4) is 0 Å². The van der Waals surface area contributed by atoms with E-state index in [9.17, 15) is 19.1 Å². The van der Waals surface area contributed by atoms with Crippen molar-refractivity contribution in [3.8, 4) is 0 Å². The standard InChI is InChI=1S/C17H17FN2O4S/c1-8-5-19(6-9(2)24-8)13-3-10-12(4-11(13)18)20-7-25-16(20)14(15(10)21)17(22)23/h3-4,8-9H,5-7H2,1-2H3,(H,22,23). The number of hydrogen-bond donors (Lipinski definition) is 1. The molecule has 6 nitrogen and oxygen atoms in total. The number of aromatic nitrogens is 1. The molecule has 0 aliphatic carbocycles. The topological polar surface area (TPSA) is 71.8 Å². The molecular formula is C17H17FN2O4S. The maximum absolute atomic E-state index is 14.8. The van der Waals surface area contributed by atoms with E-state index in [1.165, 1.54) is 23.9 Å². The number of pyridine rings is 1. The summed E-state index contributed by atoms with van der Waals surface area (Å²) in [6.45, 7) is 4.86. The number of morpholine rings is 1. The molecule has 1 aromatic carbocycles. The van der Waals surface area contributed by atoms with Crippen LogP contribution in [-0.2, 0) is 10.6 Å². The van der Waals surface area contributed by atoms with Crippen LogP contribution in [0, 0.1) is 5.82 Å². The zero-order valence-electron chi connectivity index (χ0n) is 13.8. The third kappa shape index (κ3) is 2.51. The van der Waals surface area contributed by atoms with Gasteiger partial charge in [-0.25, -0.2) is 9.18 Å². The second-order valence-electron chi connectivity index (χ2n) is 6.50. The third-order valence-corrected chi connectivity index (χ3v) is 5.68. The summed E-state index contributed by atoms with van der Waals surface area (Å²) >= 11 is 1.29. The molecule has 0 amide bonds. The van der Waals surface area contributed by atoms with Crippen LogP contribution < -0.4 is 10.3 Å². The van der Waals surface area contributed by atoms with Crippen molar-refractivity contribution >= 4 is 34.3 Å². The highest BCUT2D eigenvalue weighted by Gasteiger charge is 2.30. The van der Waals surface area contributed by atoms with Crippen molar-refractivity contribution in [2.45, 2.75) is 37.0 Å². The fraction of sp³-hybridized carbons (Fsp3) is 0.412. The monoisotopic (exact) mass is 364 g/mol. The molecule has 2 unspecified atom stereocenters. The first-order valence-corrected chi connectivity index (χ1v) is 9.02. The highest BCUT2D eigenvalue weighted by molar-refractivity contribution is 7.99. The van der Waals surface area contributed by atoms with Crippen LogP contribution in [0.1, 0.15) is 24.2 Å². The van der Waals surface area contributed by atoms with Crippen molar-refractivity contribution < 1.29 is 19.0 Å². The number of nitrogens with zero attached hydrogens (tertiary/aromatic N) is 2. The van der Waals surface area contributed by atoms with E-state index in [0.29, 0.717) is 35.2 Å². The van der Waals surface area contributed by atoms with Gasteiger partial charge < -0.3 is 19.3 Å². The lowest BCUT2D eigenvalue weighted by molar-refractivity contribution is -0.00538. The number of carboxylic acids is 1. The number of carbonyl (C=O) groups is 1. The number of rotatable bonds is 2. The number of anilines is 1. The van der Waals surface area contributed by atoms with Crippen LogP contribution in [0.5, 0.6) is 0 Å². The molecule has 4 rings (SSSR count). The second kappa shape index (κ2) is 5.74. The van der Waals surface area contributed by atoms with Gasteiger partial charge in [0.25, 0.3) is 0 Å². The van der Waals surface area contributed by atoms with Crippen molar-refractivity contribution in [3.05, 3.63) is 33.7 Å². The van der Waals surface area contributed by atoms with Crippen molar-refractivity contribution in [1.29, 1.82) is 0 Å². The van der Waals surface area contributed by atoms with Gasteiger partial charge in [0.2, 0.25) is 5.43 Å². The summed E-state index contributed by atoms with van der Waals surface area (Å²) in [7, 11) is 0. The normalized spacial score (nSPS) is 22.6. The summed E-state index contributed by atoms with van der Waals surface area (Å²) in [5, 5.41) is 10.0. The largest absolute Gasteiger partial charge is 0.477 e. The Morgan fingerprint density at radius 3 is 2.56 bits per heavy atom. The Morgan fingerprint density at radius 1 is 1.32 bits per heavy atom. The summed E-state index contributed by atoms with van der Waals surface area (Å²) in [4.78, 5) is 26.0. The van der Waals surface area contributed by atoms with E-state index in [4.69, 9.17) is 4.74 Å². The summed E-state index contributed by atoms with van der Waals surface area (Å²) in [5.74, 6) is -1.15. The molecule has 2 atom stereocenters. The van der Waals surface area contributed by atoms with E-state index >= 15 is 0 Å². The van der Waals surface area contributed by atoms with Gasteiger partial charge in [-0.3, -0.25) is 4.79 Å².